The summed E-state index contributed by atoms with van der Waals surface area (Å²) in [5.41, 5.74) is 7.39. The second-order valence-electron chi connectivity index (χ2n) is 4.51. The van der Waals surface area contributed by atoms with Crippen LogP contribution in [-0.2, 0) is 11.3 Å². The van der Waals surface area contributed by atoms with E-state index in [4.69, 9.17) is 10.5 Å². The number of alkyl carbamates (subject to hydrolysis) is 1. The number of carbonyl (C=O) groups is 1. The second-order valence-corrected chi connectivity index (χ2v) is 5.54. The fraction of sp³-hybridized carbons (Fsp3) is 0.250. The number of nitrogen functional groups attached to an aromatic ring is 1. The van der Waals surface area contributed by atoms with Crippen molar-refractivity contribution < 1.29 is 9.53 Å². The maximum atomic E-state index is 11.5. The predicted octanol–water partition coefficient (Wildman–Crippen LogP) is 2.70. The molecule has 1 aromatic carbocycles. The van der Waals surface area contributed by atoms with Crippen molar-refractivity contribution in [3.05, 3.63) is 46.5 Å². The molecule has 6 heteroatoms. The highest BCUT2D eigenvalue weighted by Gasteiger charge is 2.02. The normalized spacial score (nSPS) is 9.68. The molecule has 5 nitrogen and oxygen atoms in total. The summed E-state index contributed by atoms with van der Waals surface area (Å²) in [5.74, 6) is 5.98. The molecular formula is C16H17N3O2S. The Balaban J connectivity index is 1.66. The minimum atomic E-state index is -0.441. The Morgan fingerprint density at radius 1 is 1.41 bits per heavy atom. The number of thiazole rings is 1. The molecule has 0 aliphatic heterocycles. The number of nitrogens with one attached hydrogen (secondary N) is 1. The first-order chi connectivity index (χ1) is 10.6. The van der Waals surface area contributed by atoms with E-state index in [0.29, 0.717) is 18.1 Å². The van der Waals surface area contributed by atoms with Crippen LogP contribution < -0.4 is 11.1 Å². The zero-order valence-electron chi connectivity index (χ0n) is 12.3. The lowest BCUT2D eigenvalue weighted by Gasteiger charge is -2.05. The Kier molecular flexibility index (Phi) is 5.81. The molecule has 0 bridgehead atoms. The van der Waals surface area contributed by atoms with Crippen molar-refractivity contribution in [3.63, 3.8) is 0 Å². The molecule has 1 amide bonds. The number of hydrogen-bond acceptors (Lipinski definition) is 5. The first-order valence-corrected chi connectivity index (χ1v) is 7.63. The summed E-state index contributed by atoms with van der Waals surface area (Å²) in [6.07, 6.45) is 0.0985. The molecule has 0 fully saturated rings. The zero-order valence-corrected chi connectivity index (χ0v) is 13.1. The first kappa shape index (κ1) is 15.9. The molecule has 1 aromatic heterocycles. The van der Waals surface area contributed by atoms with E-state index < -0.39 is 6.09 Å². The summed E-state index contributed by atoms with van der Waals surface area (Å²) in [6, 6.07) is 9.53. The van der Waals surface area contributed by atoms with Crippen LogP contribution in [0.3, 0.4) is 0 Å². The van der Waals surface area contributed by atoms with Crippen LogP contribution in [-0.4, -0.2) is 17.6 Å². The summed E-state index contributed by atoms with van der Waals surface area (Å²) in [6.45, 7) is 2.57. The van der Waals surface area contributed by atoms with Gasteiger partial charge in [0, 0.05) is 13.0 Å². The summed E-state index contributed by atoms with van der Waals surface area (Å²) in [7, 11) is 0. The van der Waals surface area contributed by atoms with Gasteiger partial charge in [0.2, 0.25) is 0 Å². The standard InChI is InChI=1S/C16H17N3O2S/c1-12-14(22-15(17)19-12)9-5-6-10-18-16(20)21-11-13-7-3-2-4-8-13/h2-4,7-8H,6,10-11H2,1H3,(H2,17,19)(H,18,20). The monoisotopic (exact) mass is 315 g/mol. The molecule has 0 saturated carbocycles. The van der Waals surface area contributed by atoms with Crippen molar-refractivity contribution in [1.82, 2.24) is 10.3 Å². The number of rotatable bonds is 4. The summed E-state index contributed by atoms with van der Waals surface area (Å²) in [5, 5.41) is 3.18. The lowest BCUT2D eigenvalue weighted by Crippen LogP contribution is -2.24. The number of benzene rings is 1. The van der Waals surface area contributed by atoms with Crippen molar-refractivity contribution in [2.24, 2.45) is 0 Å². The van der Waals surface area contributed by atoms with Gasteiger partial charge >= 0.3 is 6.09 Å². The summed E-state index contributed by atoms with van der Waals surface area (Å²) in [4.78, 5) is 16.5. The van der Waals surface area contributed by atoms with Gasteiger partial charge in [-0.05, 0) is 12.5 Å². The van der Waals surface area contributed by atoms with E-state index in [9.17, 15) is 4.79 Å². The maximum Gasteiger partial charge on any atom is 0.407 e. The van der Waals surface area contributed by atoms with Crippen LogP contribution in [0.2, 0.25) is 0 Å². The molecule has 114 valence electrons. The lowest BCUT2D eigenvalue weighted by atomic mass is 10.2. The third-order valence-corrected chi connectivity index (χ3v) is 3.65. The van der Waals surface area contributed by atoms with Gasteiger partial charge in [-0.3, -0.25) is 0 Å². The smallest absolute Gasteiger partial charge is 0.407 e. The Labute approximate surface area is 133 Å². The highest BCUT2D eigenvalue weighted by Crippen LogP contribution is 2.17. The largest absolute Gasteiger partial charge is 0.445 e. The van der Waals surface area contributed by atoms with Crippen molar-refractivity contribution in [3.8, 4) is 11.8 Å². The first-order valence-electron chi connectivity index (χ1n) is 6.81. The number of anilines is 1. The van der Waals surface area contributed by atoms with E-state index in [1.54, 1.807) is 0 Å². The van der Waals surface area contributed by atoms with E-state index in [1.165, 1.54) is 11.3 Å². The van der Waals surface area contributed by atoms with Crippen LogP contribution in [0.4, 0.5) is 9.93 Å². The molecule has 3 N–H and O–H groups in total. The van der Waals surface area contributed by atoms with Gasteiger partial charge in [0.25, 0.3) is 0 Å². The van der Waals surface area contributed by atoms with Crippen LogP contribution >= 0.6 is 11.3 Å². The summed E-state index contributed by atoms with van der Waals surface area (Å²) >= 11 is 1.37. The van der Waals surface area contributed by atoms with Crippen molar-refractivity contribution >= 4 is 22.6 Å². The molecular weight excluding hydrogens is 298 g/mol. The van der Waals surface area contributed by atoms with Gasteiger partial charge < -0.3 is 15.8 Å². The lowest BCUT2D eigenvalue weighted by molar-refractivity contribution is 0.140. The highest BCUT2D eigenvalue weighted by atomic mass is 32.1. The van der Waals surface area contributed by atoms with Gasteiger partial charge in [-0.2, -0.15) is 0 Å². The number of carbonyl (C=O) groups excluding carboxylic acids is 1. The third-order valence-electron chi connectivity index (χ3n) is 2.75. The predicted molar refractivity (Wildman–Crippen MR) is 87.4 cm³/mol. The van der Waals surface area contributed by atoms with Crippen LogP contribution in [0.5, 0.6) is 0 Å². The number of aryl methyl sites for hydroxylation is 1. The number of amides is 1. The van der Waals surface area contributed by atoms with E-state index in [2.05, 4.69) is 22.1 Å². The SMILES string of the molecule is Cc1nc(N)sc1C#CCCNC(=O)OCc1ccccc1. The molecule has 0 atom stereocenters. The van der Waals surface area contributed by atoms with Gasteiger partial charge in [-0.25, -0.2) is 9.78 Å². The number of nitrogens with two attached hydrogens (primary N) is 1. The third kappa shape index (κ3) is 5.11. The van der Waals surface area contributed by atoms with Gasteiger partial charge in [0.1, 0.15) is 11.5 Å². The number of nitrogens with zero attached hydrogens (tertiary/aromatic N) is 1. The minimum Gasteiger partial charge on any atom is -0.445 e. The van der Waals surface area contributed by atoms with Crippen LogP contribution in [0.1, 0.15) is 22.6 Å². The van der Waals surface area contributed by atoms with E-state index >= 15 is 0 Å². The summed E-state index contributed by atoms with van der Waals surface area (Å²) < 4.78 is 5.09. The fourth-order valence-electron chi connectivity index (χ4n) is 1.68. The van der Waals surface area contributed by atoms with Crippen LogP contribution in [0.15, 0.2) is 30.3 Å². The molecule has 2 rings (SSSR count). The second kappa shape index (κ2) is 8.05. The number of ether oxygens (including phenoxy) is 1. The molecule has 2 aromatic rings. The van der Waals surface area contributed by atoms with Crippen LogP contribution in [0, 0.1) is 18.8 Å². The molecule has 1 heterocycles. The quantitative estimate of drug-likeness (QED) is 0.672. The van der Waals surface area contributed by atoms with E-state index in [0.717, 1.165) is 16.1 Å². The van der Waals surface area contributed by atoms with Gasteiger partial charge in [-0.1, -0.05) is 53.5 Å². The molecule has 0 saturated heterocycles. The van der Waals surface area contributed by atoms with E-state index in [1.807, 2.05) is 37.3 Å². The van der Waals surface area contributed by atoms with Gasteiger partial charge in [0.05, 0.1) is 5.69 Å². The average Bonchev–Trinajstić information content (AvgIpc) is 2.84. The molecule has 0 unspecified atom stereocenters. The number of aromatic nitrogens is 1. The molecule has 0 spiro atoms. The Morgan fingerprint density at radius 3 is 2.86 bits per heavy atom. The number of hydrogen-bond donors (Lipinski definition) is 2. The fourth-order valence-corrected chi connectivity index (χ4v) is 2.39. The Morgan fingerprint density at radius 2 is 2.18 bits per heavy atom. The molecule has 22 heavy (non-hydrogen) atoms. The van der Waals surface area contributed by atoms with Crippen molar-refractivity contribution in [1.29, 1.82) is 0 Å². The average molecular weight is 315 g/mol. The van der Waals surface area contributed by atoms with Crippen LogP contribution in [0.25, 0.3) is 0 Å². The Bertz CT molecular complexity index is 686. The van der Waals surface area contributed by atoms with Gasteiger partial charge in [0.15, 0.2) is 5.13 Å². The van der Waals surface area contributed by atoms with Crippen molar-refractivity contribution in [2.75, 3.05) is 12.3 Å². The van der Waals surface area contributed by atoms with Gasteiger partial charge in [-0.15, -0.1) is 0 Å². The van der Waals surface area contributed by atoms with E-state index in [-0.39, 0.29) is 6.61 Å². The topological polar surface area (TPSA) is 77.2 Å². The van der Waals surface area contributed by atoms with Crippen molar-refractivity contribution in [2.45, 2.75) is 20.0 Å². The minimum absolute atomic E-state index is 0.262. The Hall–Kier alpha value is -2.52. The molecule has 0 aliphatic rings. The molecule has 0 aliphatic carbocycles. The zero-order chi connectivity index (χ0) is 15.8. The molecule has 0 radical (unpaired) electrons. The maximum absolute atomic E-state index is 11.5. The highest BCUT2D eigenvalue weighted by molar-refractivity contribution is 7.16.